The smallest absolute Gasteiger partial charge is 0.274 e. The van der Waals surface area contributed by atoms with Gasteiger partial charge in [-0.1, -0.05) is 12.1 Å². The number of anilines is 1. The number of hydrogen-bond donors (Lipinski definition) is 2. The van der Waals surface area contributed by atoms with Gasteiger partial charge in [-0.25, -0.2) is 19.3 Å². The first-order valence-corrected chi connectivity index (χ1v) is 10.3. The predicted molar refractivity (Wildman–Crippen MR) is 123 cm³/mol. The molecule has 0 bridgehead atoms. The van der Waals surface area contributed by atoms with E-state index >= 15 is 0 Å². The van der Waals surface area contributed by atoms with Gasteiger partial charge in [-0.05, 0) is 31.2 Å². The van der Waals surface area contributed by atoms with Crippen LogP contribution in [0.3, 0.4) is 0 Å². The summed E-state index contributed by atoms with van der Waals surface area (Å²) in [5.41, 5.74) is 8.93. The summed E-state index contributed by atoms with van der Waals surface area (Å²) in [6.45, 7) is 1.60. The van der Waals surface area contributed by atoms with Crippen LogP contribution in [0.25, 0.3) is 33.7 Å². The zero-order chi connectivity index (χ0) is 23.7. The van der Waals surface area contributed by atoms with E-state index in [0.717, 1.165) is 10.9 Å². The van der Waals surface area contributed by atoms with Crippen LogP contribution in [0.1, 0.15) is 21.7 Å². The molecule has 4 heterocycles. The van der Waals surface area contributed by atoms with Crippen molar-refractivity contribution in [3.05, 3.63) is 84.0 Å². The Kier molecular flexibility index (Phi) is 5.38. The molecule has 0 unspecified atom stereocenters. The lowest BCUT2D eigenvalue weighted by Crippen LogP contribution is -2.26. The zero-order valence-corrected chi connectivity index (χ0v) is 18.0. The van der Waals surface area contributed by atoms with Crippen LogP contribution in [-0.2, 0) is 6.54 Å². The van der Waals surface area contributed by atoms with Gasteiger partial charge in [0, 0.05) is 28.9 Å². The maximum Gasteiger partial charge on any atom is 0.274 e. The van der Waals surface area contributed by atoms with E-state index in [4.69, 9.17) is 10.2 Å². The molecule has 0 spiro atoms. The normalized spacial score (nSPS) is 11.0. The molecule has 3 N–H and O–H groups in total. The minimum atomic E-state index is -0.571. The second-order valence-corrected chi connectivity index (χ2v) is 7.45. The number of pyridine rings is 2. The second-order valence-electron chi connectivity index (χ2n) is 7.45. The summed E-state index contributed by atoms with van der Waals surface area (Å²) in [5, 5.41) is 3.57. The maximum absolute atomic E-state index is 13.8. The number of nitrogens with two attached hydrogens (primary N) is 1. The minimum Gasteiger partial charge on any atom is -0.443 e. The molecule has 5 aromatic rings. The predicted octanol–water partition coefficient (Wildman–Crippen LogP) is 3.70. The molecule has 0 atom stereocenters. The number of amides is 1. The molecule has 0 fully saturated rings. The lowest BCUT2D eigenvalue weighted by molar-refractivity contribution is 0.0946. The van der Waals surface area contributed by atoms with Crippen LogP contribution in [0.4, 0.5) is 10.2 Å². The molecule has 1 aromatic carbocycles. The highest BCUT2D eigenvalue weighted by Gasteiger charge is 2.22. The van der Waals surface area contributed by atoms with Crippen molar-refractivity contribution in [3.8, 4) is 22.8 Å². The average Bonchev–Trinajstić information content (AvgIpc) is 3.39. The van der Waals surface area contributed by atoms with Crippen molar-refractivity contribution in [1.82, 2.24) is 30.2 Å². The van der Waals surface area contributed by atoms with Crippen LogP contribution >= 0.6 is 0 Å². The quantitative estimate of drug-likeness (QED) is 0.410. The van der Waals surface area contributed by atoms with Gasteiger partial charge in [-0.2, -0.15) is 0 Å². The molecule has 1 amide bonds. The molecule has 0 radical (unpaired) electrons. The van der Waals surface area contributed by atoms with Crippen molar-refractivity contribution in [2.45, 2.75) is 13.5 Å². The molecule has 0 aliphatic heterocycles. The Morgan fingerprint density at radius 3 is 2.76 bits per heavy atom. The molecule has 0 aliphatic carbocycles. The molecule has 168 valence electrons. The summed E-state index contributed by atoms with van der Waals surface area (Å²) in [4.78, 5) is 34.5. The number of carbonyl (C=O) groups excluding carboxylic acids is 1. The van der Waals surface area contributed by atoms with E-state index < -0.39 is 11.7 Å². The third-order valence-corrected chi connectivity index (χ3v) is 5.31. The van der Waals surface area contributed by atoms with Crippen molar-refractivity contribution in [2.24, 2.45) is 0 Å². The van der Waals surface area contributed by atoms with E-state index in [1.807, 2.05) is 30.3 Å². The Bertz CT molecular complexity index is 1520. The summed E-state index contributed by atoms with van der Waals surface area (Å²) in [6.07, 6.45) is 5.95. The van der Waals surface area contributed by atoms with Crippen molar-refractivity contribution in [3.63, 3.8) is 0 Å². The Labute approximate surface area is 192 Å². The average molecular weight is 455 g/mol. The fourth-order valence-electron chi connectivity index (χ4n) is 3.51. The minimum absolute atomic E-state index is 0.00200. The summed E-state index contributed by atoms with van der Waals surface area (Å²) in [7, 11) is 0. The fraction of sp³-hybridized carbons (Fsp3) is 0.0833. The number of carbonyl (C=O) groups is 1. The van der Waals surface area contributed by atoms with E-state index in [9.17, 15) is 9.18 Å². The highest BCUT2D eigenvalue weighted by Crippen LogP contribution is 2.31. The van der Waals surface area contributed by atoms with E-state index in [0.29, 0.717) is 28.2 Å². The van der Waals surface area contributed by atoms with E-state index in [1.165, 1.54) is 24.7 Å². The third kappa shape index (κ3) is 3.92. The number of halogens is 1. The van der Waals surface area contributed by atoms with Gasteiger partial charge >= 0.3 is 0 Å². The monoisotopic (exact) mass is 455 g/mol. The third-order valence-electron chi connectivity index (χ3n) is 5.31. The van der Waals surface area contributed by atoms with Gasteiger partial charge in [0.15, 0.2) is 17.2 Å². The van der Waals surface area contributed by atoms with E-state index in [2.05, 4.69) is 30.2 Å². The SMILES string of the molecule is Cc1c(F)ccnc1CNC(=O)c1nc(-c2ccc3ncccc3c2)c(-c2ncco2)nc1N. The number of nitrogens with zero attached hydrogens (tertiary/aromatic N) is 5. The van der Waals surface area contributed by atoms with Crippen LogP contribution < -0.4 is 11.1 Å². The number of hydrogen-bond acceptors (Lipinski definition) is 8. The van der Waals surface area contributed by atoms with Crippen LogP contribution in [0, 0.1) is 12.7 Å². The summed E-state index contributed by atoms with van der Waals surface area (Å²) in [6, 6.07) is 10.6. The Morgan fingerprint density at radius 1 is 1.06 bits per heavy atom. The lowest BCUT2D eigenvalue weighted by atomic mass is 10.1. The maximum atomic E-state index is 13.8. The van der Waals surface area contributed by atoms with Gasteiger partial charge in [0.1, 0.15) is 17.8 Å². The molecule has 34 heavy (non-hydrogen) atoms. The largest absolute Gasteiger partial charge is 0.443 e. The van der Waals surface area contributed by atoms with Crippen LogP contribution in [0.2, 0.25) is 0 Å². The van der Waals surface area contributed by atoms with Crippen molar-refractivity contribution in [1.29, 1.82) is 0 Å². The van der Waals surface area contributed by atoms with E-state index in [-0.39, 0.29) is 23.9 Å². The van der Waals surface area contributed by atoms with Crippen molar-refractivity contribution >= 4 is 22.6 Å². The number of nitrogen functional groups attached to an aromatic ring is 1. The van der Waals surface area contributed by atoms with Gasteiger partial charge in [-0.15, -0.1) is 0 Å². The first-order valence-electron chi connectivity index (χ1n) is 10.3. The highest BCUT2D eigenvalue weighted by atomic mass is 19.1. The number of fused-ring (bicyclic) bond motifs is 1. The Hall–Kier alpha value is -4.73. The van der Waals surface area contributed by atoms with Gasteiger partial charge in [0.2, 0.25) is 5.89 Å². The number of aromatic nitrogens is 5. The Balaban J connectivity index is 1.56. The van der Waals surface area contributed by atoms with E-state index in [1.54, 1.807) is 13.1 Å². The molecule has 0 saturated heterocycles. The number of nitrogens with one attached hydrogen (secondary N) is 1. The topological polar surface area (TPSA) is 133 Å². The first kappa shape index (κ1) is 21.1. The molecule has 10 heteroatoms. The van der Waals surface area contributed by atoms with Gasteiger partial charge < -0.3 is 15.5 Å². The summed E-state index contributed by atoms with van der Waals surface area (Å²) in [5.74, 6) is -0.854. The highest BCUT2D eigenvalue weighted by molar-refractivity contribution is 5.98. The molecular formula is C24H18FN7O2. The van der Waals surface area contributed by atoms with Crippen LogP contribution in [-0.4, -0.2) is 30.8 Å². The lowest BCUT2D eigenvalue weighted by Gasteiger charge is -2.12. The Morgan fingerprint density at radius 2 is 1.94 bits per heavy atom. The molecule has 5 rings (SSSR count). The van der Waals surface area contributed by atoms with Crippen molar-refractivity contribution in [2.75, 3.05) is 5.73 Å². The fourth-order valence-corrected chi connectivity index (χ4v) is 3.51. The van der Waals surface area contributed by atoms with Crippen molar-refractivity contribution < 1.29 is 13.6 Å². The summed E-state index contributed by atoms with van der Waals surface area (Å²) >= 11 is 0. The number of rotatable bonds is 5. The van der Waals surface area contributed by atoms with Crippen LogP contribution in [0.5, 0.6) is 0 Å². The second kappa shape index (κ2) is 8.66. The summed E-state index contributed by atoms with van der Waals surface area (Å²) < 4.78 is 19.2. The molecule has 4 aromatic heterocycles. The van der Waals surface area contributed by atoms with Gasteiger partial charge in [0.25, 0.3) is 5.91 Å². The standard InChI is InChI=1S/C24H18FN7O2/c1-13-16(25)6-8-28-18(13)12-30-23(33)21-22(26)32-20(24-29-9-10-34-24)19(31-21)15-4-5-17-14(11-15)3-2-7-27-17/h2-11H,12H2,1H3,(H2,26,32)(H,30,33). The van der Waals surface area contributed by atoms with Gasteiger partial charge in [-0.3, -0.25) is 14.8 Å². The molecular weight excluding hydrogens is 437 g/mol. The zero-order valence-electron chi connectivity index (χ0n) is 18.0. The molecule has 9 nitrogen and oxygen atoms in total. The molecule has 0 saturated carbocycles. The van der Waals surface area contributed by atoms with Gasteiger partial charge in [0.05, 0.1) is 24.0 Å². The molecule has 0 aliphatic rings. The first-order chi connectivity index (χ1) is 16.5. The van der Waals surface area contributed by atoms with Crippen LogP contribution in [0.15, 0.2) is 65.7 Å². The number of oxazole rings is 1. The number of benzene rings is 1.